The molecule has 0 fully saturated rings. The molecule has 196 valence electrons. The van der Waals surface area contributed by atoms with Gasteiger partial charge in [0.15, 0.2) is 5.78 Å². The molecule has 1 heterocycles. The molecule has 1 aliphatic heterocycles. The predicted molar refractivity (Wildman–Crippen MR) is 140 cm³/mol. The Balaban J connectivity index is 1.68. The Hall–Kier alpha value is -5.44. The largest absolute Gasteiger partial charge is 0.508 e. The summed E-state index contributed by atoms with van der Waals surface area (Å²) in [6, 6.07) is 15.8. The van der Waals surface area contributed by atoms with Crippen molar-refractivity contribution >= 4 is 17.1 Å². The van der Waals surface area contributed by atoms with Gasteiger partial charge < -0.3 is 35.4 Å². The first-order valence-corrected chi connectivity index (χ1v) is 11.7. The van der Waals surface area contributed by atoms with E-state index in [-0.39, 0.29) is 45.3 Å². The van der Waals surface area contributed by atoms with Gasteiger partial charge in [-0.3, -0.25) is 9.59 Å². The van der Waals surface area contributed by atoms with Crippen LogP contribution in [-0.4, -0.2) is 42.2 Å². The Morgan fingerprint density at radius 3 is 1.90 bits per heavy atom. The third kappa shape index (κ3) is 4.36. The highest BCUT2D eigenvalue weighted by Gasteiger charge is 2.46. The molecule has 2 unspecified atom stereocenters. The second-order valence-corrected chi connectivity index (χ2v) is 9.06. The van der Waals surface area contributed by atoms with Crippen molar-refractivity contribution in [1.29, 1.82) is 0 Å². The molecular weight excluding hydrogens is 504 g/mol. The Morgan fingerprint density at radius 2 is 1.28 bits per heavy atom. The molecule has 1 aliphatic rings. The summed E-state index contributed by atoms with van der Waals surface area (Å²) < 4.78 is 6.12. The molecule has 0 bridgehead atoms. The summed E-state index contributed by atoms with van der Waals surface area (Å²) in [6.45, 7) is 3.82. The van der Waals surface area contributed by atoms with Crippen molar-refractivity contribution in [1.82, 2.24) is 0 Å². The molecule has 4 aromatic carbocycles. The van der Waals surface area contributed by atoms with Gasteiger partial charge in [-0.2, -0.15) is 0 Å². The fourth-order valence-electron chi connectivity index (χ4n) is 4.67. The number of ketones is 2. The van der Waals surface area contributed by atoms with E-state index >= 15 is 0 Å². The van der Waals surface area contributed by atoms with Crippen molar-refractivity contribution in [2.75, 3.05) is 0 Å². The Kier molecular flexibility index (Phi) is 6.12. The number of rotatable bonds is 6. The van der Waals surface area contributed by atoms with Gasteiger partial charge in [-0.15, -0.1) is 0 Å². The number of carbonyl (C=O) groups excluding carboxylic acids is 2. The first kappa shape index (κ1) is 25.2. The number of hydrogen-bond acceptors (Lipinski definition) is 9. The second-order valence-electron chi connectivity index (χ2n) is 9.06. The maximum Gasteiger partial charge on any atom is 0.200 e. The number of fused-ring (bicyclic) bond motifs is 1. The van der Waals surface area contributed by atoms with Crippen molar-refractivity contribution in [3.8, 4) is 40.2 Å². The van der Waals surface area contributed by atoms with Crippen LogP contribution >= 0.6 is 0 Å². The van der Waals surface area contributed by atoms with Gasteiger partial charge in [-0.05, 0) is 47.5 Å². The van der Waals surface area contributed by atoms with Gasteiger partial charge in [0.25, 0.3) is 0 Å². The van der Waals surface area contributed by atoms with E-state index in [1.54, 1.807) is 0 Å². The molecule has 0 radical (unpaired) electrons. The Labute approximate surface area is 221 Å². The first-order valence-electron chi connectivity index (χ1n) is 11.7. The van der Waals surface area contributed by atoms with Crippen LogP contribution < -0.4 is 4.74 Å². The van der Waals surface area contributed by atoms with Gasteiger partial charge >= 0.3 is 0 Å². The number of benzene rings is 4. The highest BCUT2D eigenvalue weighted by Crippen LogP contribution is 2.55. The average molecular weight is 526 g/mol. The minimum absolute atomic E-state index is 0.0220. The molecule has 5 rings (SSSR count). The van der Waals surface area contributed by atoms with Crippen molar-refractivity contribution < 1.29 is 45.0 Å². The van der Waals surface area contributed by atoms with Crippen LogP contribution in [0, 0.1) is 0 Å². The van der Waals surface area contributed by atoms with Crippen LogP contribution in [-0.2, 0) is 0 Å². The van der Waals surface area contributed by atoms with E-state index in [9.17, 15) is 40.2 Å². The van der Waals surface area contributed by atoms with Crippen LogP contribution in [0.25, 0.3) is 5.57 Å². The fraction of sp³-hybridized carbons (Fsp3) is 0.0667. The number of phenols is 6. The van der Waals surface area contributed by atoms with Gasteiger partial charge in [-0.1, -0.05) is 30.8 Å². The summed E-state index contributed by atoms with van der Waals surface area (Å²) in [5.41, 5.74) is 0.102. The zero-order chi connectivity index (χ0) is 28.0. The fourth-order valence-corrected chi connectivity index (χ4v) is 4.67. The van der Waals surface area contributed by atoms with Gasteiger partial charge in [0, 0.05) is 17.7 Å². The number of ether oxygens (including phenoxy) is 1. The molecule has 2 atom stereocenters. The highest BCUT2D eigenvalue weighted by atomic mass is 16.5. The monoisotopic (exact) mass is 526 g/mol. The Morgan fingerprint density at radius 1 is 0.692 bits per heavy atom. The van der Waals surface area contributed by atoms with E-state index in [0.717, 1.165) is 12.1 Å². The van der Waals surface area contributed by atoms with Crippen LogP contribution in [0.3, 0.4) is 0 Å². The summed E-state index contributed by atoms with van der Waals surface area (Å²) >= 11 is 0. The zero-order valence-electron chi connectivity index (χ0n) is 20.2. The topological polar surface area (TPSA) is 165 Å². The molecular formula is C30H22O9. The standard InChI is InChI=1S/C30H22O9/c1-14(15-2-6-17(31)7-3-15)27(37)25-23(36)13-22(35)24-26(28(38)20-11-10-19(33)12-21(20)34)29(39-30(24)25)16-4-8-18(32)9-5-16/h2-13,26,29,31-36H,1H2. The van der Waals surface area contributed by atoms with Crippen molar-refractivity contribution in [2.45, 2.75) is 12.0 Å². The van der Waals surface area contributed by atoms with E-state index in [1.165, 1.54) is 60.7 Å². The molecule has 9 heteroatoms. The van der Waals surface area contributed by atoms with Gasteiger partial charge in [-0.25, -0.2) is 0 Å². The lowest BCUT2D eigenvalue weighted by Crippen LogP contribution is -2.19. The van der Waals surface area contributed by atoms with Crippen molar-refractivity contribution in [3.63, 3.8) is 0 Å². The minimum Gasteiger partial charge on any atom is -0.508 e. The highest BCUT2D eigenvalue weighted by molar-refractivity contribution is 6.30. The summed E-state index contributed by atoms with van der Waals surface area (Å²) in [6.07, 6.45) is -1.14. The summed E-state index contributed by atoms with van der Waals surface area (Å²) in [5.74, 6) is -4.96. The number of aromatic hydroxyl groups is 6. The number of allylic oxidation sites excluding steroid dienone is 1. The number of Topliss-reactive ketones (excluding diaryl/α,β-unsaturated/α-hetero) is 2. The summed E-state index contributed by atoms with van der Waals surface area (Å²) in [4.78, 5) is 27.4. The maximum absolute atomic E-state index is 13.8. The number of carbonyl (C=O) groups is 2. The molecule has 0 aliphatic carbocycles. The first-order chi connectivity index (χ1) is 18.6. The van der Waals surface area contributed by atoms with E-state index in [4.69, 9.17) is 4.74 Å². The van der Waals surface area contributed by atoms with Crippen LogP contribution in [0.4, 0.5) is 0 Å². The van der Waals surface area contributed by atoms with Crippen molar-refractivity contribution in [2.24, 2.45) is 0 Å². The van der Waals surface area contributed by atoms with Crippen LogP contribution in [0.5, 0.6) is 40.2 Å². The molecule has 39 heavy (non-hydrogen) atoms. The van der Waals surface area contributed by atoms with Gasteiger partial charge in [0.05, 0.1) is 17.0 Å². The van der Waals surface area contributed by atoms with E-state index in [2.05, 4.69) is 6.58 Å². The lowest BCUT2D eigenvalue weighted by atomic mass is 9.83. The van der Waals surface area contributed by atoms with E-state index < -0.39 is 40.8 Å². The van der Waals surface area contributed by atoms with Crippen LogP contribution in [0.15, 0.2) is 79.4 Å². The molecule has 0 saturated carbocycles. The summed E-state index contributed by atoms with van der Waals surface area (Å²) in [5, 5.41) is 61.1. The minimum atomic E-state index is -1.30. The van der Waals surface area contributed by atoms with Crippen molar-refractivity contribution in [3.05, 3.63) is 107 Å². The average Bonchev–Trinajstić information content (AvgIpc) is 3.29. The molecule has 6 N–H and O–H groups in total. The second kappa shape index (κ2) is 9.46. The third-order valence-electron chi connectivity index (χ3n) is 6.60. The normalized spacial score (nSPS) is 15.8. The zero-order valence-corrected chi connectivity index (χ0v) is 20.2. The lowest BCUT2D eigenvalue weighted by molar-refractivity contribution is 0.0891. The molecule has 0 spiro atoms. The van der Waals surface area contributed by atoms with Crippen LogP contribution in [0.2, 0.25) is 0 Å². The maximum atomic E-state index is 13.8. The van der Waals surface area contributed by atoms with Gasteiger partial charge in [0.1, 0.15) is 51.9 Å². The quantitative estimate of drug-likeness (QED) is 0.151. The molecule has 0 aromatic heterocycles. The molecule has 9 nitrogen and oxygen atoms in total. The molecule has 0 amide bonds. The van der Waals surface area contributed by atoms with Crippen LogP contribution in [0.1, 0.15) is 49.4 Å². The molecule has 0 saturated heterocycles. The van der Waals surface area contributed by atoms with E-state index in [1.807, 2.05) is 0 Å². The SMILES string of the molecule is C=C(C(=O)c1c(O)cc(O)c2c1OC(c1ccc(O)cc1)C2C(=O)c1ccc(O)cc1O)c1ccc(O)cc1. The third-order valence-corrected chi connectivity index (χ3v) is 6.60. The summed E-state index contributed by atoms with van der Waals surface area (Å²) in [7, 11) is 0. The lowest BCUT2D eigenvalue weighted by Gasteiger charge is -2.19. The Bertz CT molecular complexity index is 1640. The number of hydrogen-bond donors (Lipinski definition) is 6. The predicted octanol–water partition coefficient (Wildman–Crippen LogP) is 4.92. The molecule has 4 aromatic rings. The van der Waals surface area contributed by atoms with E-state index in [0.29, 0.717) is 11.1 Å². The van der Waals surface area contributed by atoms with Gasteiger partial charge in [0.2, 0.25) is 5.78 Å². The smallest absolute Gasteiger partial charge is 0.200 e. The number of phenolic OH excluding ortho intramolecular Hbond substituents is 6.